The molecule has 1 aliphatic carbocycles. The van der Waals surface area contributed by atoms with Crippen LogP contribution in [-0.2, 0) is 19.0 Å². The molecule has 29 heavy (non-hydrogen) atoms. The summed E-state index contributed by atoms with van der Waals surface area (Å²) in [7, 11) is 0. The molecule has 0 spiro atoms. The van der Waals surface area contributed by atoms with Crippen LogP contribution in [0.25, 0.3) is 0 Å². The minimum atomic E-state index is -1.52. The maximum absolute atomic E-state index is 12.7. The smallest absolute Gasteiger partial charge is 0.335 e. The normalized spacial score (nSPS) is 42.7. The van der Waals surface area contributed by atoms with Crippen molar-refractivity contribution in [3.63, 3.8) is 0 Å². The van der Waals surface area contributed by atoms with Gasteiger partial charge in [-0.3, -0.25) is 0 Å². The Bertz CT molecular complexity index is 786. The van der Waals surface area contributed by atoms with Gasteiger partial charge in [-0.15, -0.1) is 0 Å². The maximum Gasteiger partial charge on any atom is 0.335 e. The largest absolute Gasteiger partial charge is 0.472 e. The third kappa shape index (κ3) is 3.22. The van der Waals surface area contributed by atoms with Gasteiger partial charge in [0.1, 0.15) is 30.5 Å². The Morgan fingerprint density at radius 3 is 2.66 bits per heavy atom. The number of rotatable bonds is 4. The van der Waals surface area contributed by atoms with E-state index in [9.17, 15) is 25.2 Å². The molecule has 9 heteroatoms. The lowest BCUT2D eigenvalue weighted by molar-refractivity contribution is -0.309. The molecule has 0 saturated carbocycles. The molecule has 2 saturated heterocycles. The van der Waals surface area contributed by atoms with Gasteiger partial charge < -0.3 is 39.1 Å². The highest BCUT2D eigenvalue weighted by Gasteiger charge is 2.55. The lowest BCUT2D eigenvalue weighted by atomic mass is 9.67. The lowest BCUT2D eigenvalue weighted by Crippen LogP contribution is -2.59. The first-order valence-electron chi connectivity index (χ1n) is 9.68. The molecule has 0 aromatic carbocycles. The van der Waals surface area contributed by atoms with Gasteiger partial charge in [-0.2, -0.15) is 0 Å². The zero-order chi connectivity index (χ0) is 20.9. The molecule has 160 valence electrons. The summed E-state index contributed by atoms with van der Waals surface area (Å²) in [4.78, 5) is 12.7. The summed E-state index contributed by atoms with van der Waals surface area (Å²) in [5.74, 6) is -0.418. The van der Waals surface area contributed by atoms with Crippen molar-refractivity contribution in [1.29, 1.82) is 0 Å². The number of furan rings is 1. The maximum atomic E-state index is 12.7. The molecule has 4 rings (SSSR count). The van der Waals surface area contributed by atoms with Crippen LogP contribution in [0, 0.1) is 5.41 Å². The Morgan fingerprint density at radius 1 is 1.24 bits per heavy atom. The lowest BCUT2D eigenvalue weighted by Gasteiger charge is -2.43. The molecule has 4 N–H and O–H groups in total. The number of hydrogen-bond donors (Lipinski definition) is 4. The second-order valence-electron chi connectivity index (χ2n) is 8.18. The predicted octanol–water partition coefficient (Wildman–Crippen LogP) is 0.179. The van der Waals surface area contributed by atoms with Crippen LogP contribution in [0.15, 0.2) is 34.2 Å². The number of cyclic esters (lactones) is 1. The highest BCUT2D eigenvalue weighted by molar-refractivity contribution is 5.94. The second kappa shape index (κ2) is 7.50. The summed E-state index contributed by atoms with van der Waals surface area (Å²) in [5, 5.41) is 39.5. The summed E-state index contributed by atoms with van der Waals surface area (Å²) in [6, 6.07) is 1.78. The Morgan fingerprint density at radius 2 is 2.00 bits per heavy atom. The molecular weight excluding hydrogens is 384 g/mol. The number of carbonyl (C=O) groups excluding carboxylic acids is 1. The first-order valence-corrected chi connectivity index (χ1v) is 9.68. The summed E-state index contributed by atoms with van der Waals surface area (Å²) in [6.45, 7) is 3.21. The van der Waals surface area contributed by atoms with Crippen LogP contribution < -0.4 is 0 Å². The fourth-order valence-electron chi connectivity index (χ4n) is 4.71. The molecule has 2 fully saturated rings. The van der Waals surface area contributed by atoms with Gasteiger partial charge in [0.25, 0.3) is 0 Å². The van der Waals surface area contributed by atoms with Gasteiger partial charge in [0.2, 0.25) is 0 Å². The summed E-state index contributed by atoms with van der Waals surface area (Å²) in [6.07, 6.45) is -3.55. The van der Waals surface area contributed by atoms with E-state index in [4.69, 9.17) is 18.6 Å². The Balaban J connectivity index is 1.58. The molecule has 2 aliphatic heterocycles. The number of carbonyl (C=O) groups is 1. The second-order valence-corrected chi connectivity index (χ2v) is 8.18. The standard InChI is InChI=1S/C20H26O9/c1-9-11(27-19-16(24)15(23)14(22)12(7-21)28-19)3-5-20(2)13(9)18(25)29-17(20)10-4-6-26-8-10/h4,6,8,11-12,14-17,19,21-24H,3,5,7H2,1-2H3/t11?,12-,14-,15+,16-,17+,19-,20-/m1/s1. The van der Waals surface area contributed by atoms with Gasteiger partial charge in [0.05, 0.1) is 25.2 Å². The minimum absolute atomic E-state index is 0.418. The van der Waals surface area contributed by atoms with Crippen molar-refractivity contribution in [2.24, 2.45) is 5.41 Å². The van der Waals surface area contributed by atoms with E-state index in [-0.39, 0.29) is 0 Å². The van der Waals surface area contributed by atoms with E-state index in [0.29, 0.717) is 24.0 Å². The van der Waals surface area contributed by atoms with Crippen molar-refractivity contribution in [2.45, 2.75) is 69.6 Å². The molecule has 0 radical (unpaired) electrons. The topological polar surface area (TPSA) is 139 Å². The zero-order valence-electron chi connectivity index (χ0n) is 16.2. The average Bonchev–Trinajstić information content (AvgIpc) is 3.31. The van der Waals surface area contributed by atoms with Gasteiger partial charge in [-0.25, -0.2) is 4.79 Å². The zero-order valence-corrected chi connectivity index (χ0v) is 16.2. The number of hydrogen-bond acceptors (Lipinski definition) is 9. The van der Waals surface area contributed by atoms with E-state index in [0.717, 1.165) is 5.56 Å². The minimum Gasteiger partial charge on any atom is -0.472 e. The van der Waals surface area contributed by atoms with Crippen molar-refractivity contribution < 1.29 is 43.8 Å². The third-order valence-corrected chi connectivity index (χ3v) is 6.37. The van der Waals surface area contributed by atoms with Crippen molar-refractivity contribution in [3.05, 3.63) is 35.3 Å². The van der Waals surface area contributed by atoms with Gasteiger partial charge in [-0.05, 0) is 31.4 Å². The van der Waals surface area contributed by atoms with E-state index in [1.165, 1.54) is 6.26 Å². The van der Waals surface area contributed by atoms with Crippen molar-refractivity contribution in [3.8, 4) is 0 Å². The molecule has 1 aromatic rings. The molecule has 8 atom stereocenters. The highest BCUT2D eigenvalue weighted by Crippen LogP contribution is 2.56. The summed E-state index contributed by atoms with van der Waals surface area (Å²) >= 11 is 0. The van der Waals surface area contributed by atoms with Crippen LogP contribution in [-0.4, -0.2) is 69.8 Å². The molecule has 9 nitrogen and oxygen atoms in total. The van der Waals surface area contributed by atoms with Crippen LogP contribution in [0.1, 0.15) is 38.4 Å². The van der Waals surface area contributed by atoms with Crippen LogP contribution in [0.5, 0.6) is 0 Å². The SMILES string of the molecule is CC1=C2C(=O)O[C@@H](c3ccoc3)[C@]2(C)CCC1O[C@@H]1O[C@H](CO)[C@@H](O)[C@H](O)[C@H]1O. The van der Waals surface area contributed by atoms with E-state index in [1.807, 2.05) is 6.92 Å². The van der Waals surface area contributed by atoms with Gasteiger partial charge in [-0.1, -0.05) is 6.92 Å². The molecular formula is C20H26O9. The quantitative estimate of drug-likeness (QED) is 0.512. The number of aliphatic hydroxyl groups is 4. The number of fused-ring (bicyclic) bond motifs is 1. The molecule has 0 bridgehead atoms. The number of aliphatic hydroxyl groups excluding tert-OH is 4. The number of esters is 1. The van der Waals surface area contributed by atoms with Crippen LogP contribution in [0.3, 0.4) is 0 Å². The van der Waals surface area contributed by atoms with E-state index in [2.05, 4.69) is 0 Å². The Kier molecular flexibility index (Phi) is 5.30. The molecule has 0 amide bonds. The van der Waals surface area contributed by atoms with Gasteiger partial charge >= 0.3 is 5.97 Å². The van der Waals surface area contributed by atoms with E-state index >= 15 is 0 Å². The van der Waals surface area contributed by atoms with E-state index < -0.39 is 60.9 Å². The van der Waals surface area contributed by atoms with Crippen LogP contribution >= 0.6 is 0 Å². The fourth-order valence-corrected chi connectivity index (χ4v) is 4.71. The fraction of sp³-hybridized carbons (Fsp3) is 0.650. The van der Waals surface area contributed by atoms with E-state index in [1.54, 1.807) is 19.3 Å². The Hall–Kier alpha value is -1.75. The van der Waals surface area contributed by atoms with Crippen molar-refractivity contribution in [2.75, 3.05) is 6.61 Å². The first-order chi connectivity index (χ1) is 13.8. The number of ether oxygens (including phenoxy) is 3. The average molecular weight is 410 g/mol. The monoisotopic (exact) mass is 410 g/mol. The highest BCUT2D eigenvalue weighted by atomic mass is 16.7. The Labute approximate surface area is 167 Å². The molecule has 3 aliphatic rings. The van der Waals surface area contributed by atoms with Crippen molar-refractivity contribution >= 4 is 5.97 Å². The van der Waals surface area contributed by atoms with Crippen LogP contribution in [0.2, 0.25) is 0 Å². The van der Waals surface area contributed by atoms with Crippen LogP contribution in [0.4, 0.5) is 0 Å². The third-order valence-electron chi connectivity index (χ3n) is 6.37. The molecule has 1 aromatic heterocycles. The predicted molar refractivity (Wildman–Crippen MR) is 96.2 cm³/mol. The van der Waals surface area contributed by atoms with Gasteiger partial charge in [0.15, 0.2) is 6.29 Å². The summed E-state index contributed by atoms with van der Waals surface area (Å²) in [5.41, 5.74) is 1.45. The molecule has 1 unspecified atom stereocenters. The summed E-state index contributed by atoms with van der Waals surface area (Å²) < 4.78 is 22.1. The van der Waals surface area contributed by atoms with Gasteiger partial charge in [0, 0.05) is 16.6 Å². The molecule has 3 heterocycles. The first kappa shape index (κ1) is 20.5. The van der Waals surface area contributed by atoms with Crippen molar-refractivity contribution in [1.82, 2.24) is 0 Å².